The Morgan fingerprint density at radius 1 is 1.15 bits per heavy atom. The smallest absolute Gasteiger partial charge is 0.267 e. The fraction of sp³-hybridized carbons (Fsp3) is 0.444. The lowest BCUT2D eigenvalue weighted by molar-refractivity contribution is 0.0715. The second-order valence-corrected chi connectivity index (χ2v) is 7.79. The van der Waals surface area contributed by atoms with Gasteiger partial charge in [0, 0.05) is 36.4 Å². The van der Waals surface area contributed by atoms with E-state index in [2.05, 4.69) is 14.7 Å². The SMILES string of the molecule is O=C(c1snnc1C1CC1)N1CCC(c2noc3cc(F)ccc23)CC1. The molecule has 2 aromatic heterocycles. The van der Waals surface area contributed by atoms with E-state index < -0.39 is 0 Å². The van der Waals surface area contributed by atoms with Gasteiger partial charge in [-0.1, -0.05) is 9.64 Å². The molecule has 6 nitrogen and oxygen atoms in total. The van der Waals surface area contributed by atoms with Crippen molar-refractivity contribution in [2.45, 2.75) is 37.5 Å². The fourth-order valence-electron chi connectivity index (χ4n) is 3.69. The number of likely N-dealkylation sites (tertiary alicyclic amines) is 1. The van der Waals surface area contributed by atoms with Gasteiger partial charge in [0.2, 0.25) is 0 Å². The number of hydrogen-bond donors (Lipinski definition) is 0. The van der Waals surface area contributed by atoms with Gasteiger partial charge in [-0.3, -0.25) is 4.79 Å². The molecule has 1 aliphatic carbocycles. The minimum absolute atomic E-state index is 0.0485. The molecule has 1 amide bonds. The van der Waals surface area contributed by atoms with Gasteiger partial charge >= 0.3 is 0 Å². The first-order valence-electron chi connectivity index (χ1n) is 8.87. The highest BCUT2D eigenvalue weighted by Gasteiger charge is 2.34. The van der Waals surface area contributed by atoms with Crippen LogP contribution < -0.4 is 0 Å². The van der Waals surface area contributed by atoms with Crippen molar-refractivity contribution < 1.29 is 13.7 Å². The van der Waals surface area contributed by atoms with Gasteiger partial charge in [-0.25, -0.2) is 4.39 Å². The van der Waals surface area contributed by atoms with Gasteiger partial charge in [-0.05, 0) is 49.3 Å². The monoisotopic (exact) mass is 372 g/mol. The molecule has 1 aliphatic heterocycles. The van der Waals surface area contributed by atoms with E-state index in [0.717, 1.165) is 42.5 Å². The second kappa shape index (κ2) is 6.12. The van der Waals surface area contributed by atoms with Gasteiger partial charge in [-0.15, -0.1) is 5.10 Å². The number of aromatic nitrogens is 3. The number of benzene rings is 1. The quantitative estimate of drug-likeness (QED) is 0.701. The van der Waals surface area contributed by atoms with Crippen molar-refractivity contribution in [3.8, 4) is 0 Å². The van der Waals surface area contributed by atoms with Crippen molar-refractivity contribution in [3.63, 3.8) is 0 Å². The summed E-state index contributed by atoms with van der Waals surface area (Å²) >= 11 is 1.21. The number of fused-ring (bicyclic) bond motifs is 1. The topological polar surface area (TPSA) is 72.1 Å². The molecule has 134 valence electrons. The van der Waals surface area contributed by atoms with Crippen molar-refractivity contribution >= 4 is 28.4 Å². The summed E-state index contributed by atoms with van der Waals surface area (Å²) in [7, 11) is 0. The van der Waals surface area contributed by atoms with E-state index >= 15 is 0 Å². The maximum Gasteiger partial charge on any atom is 0.267 e. The third kappa shape index (κ3) is 2.68. The number of hydrogen-bond acceptors (Lipinski definition) is 6. The first kappa shape index (κ1) is 15.9. The number of halogens is 1. The van der Waals surface area contributed by atoms with E-state index in [9.17, 15) is 9.18 Å². The Kier molecular flexibility index (Phi) is 3.74. The van der Waals surface area contributed by atoms with E-state index in [-0.39, 0.29) is 17.6 Å². The summed E-state index contributed by atoms with van der Waals surface area (Å²) in [6, 6.07) is 4.51. The first-order chi connectivity index (χ1) is 12.7. The molecule has 26 heavy (non-hydrogen) atoms. The van der Waals surface area contributed by atoms with E-state index in [4.69, 9.17) is 4.52 Å². The second-order valence-electron chi connectivity index (χ2n) is 7.04. The van der Waals surface area contributed by atoms with E-state index in [1.807, 2.05) is 4.90 Å². The van der Waals surface area contributed by atoms with Crippen molar-refractivity contribution in [1.29, 1.82) is 0 Å². The van der Waals surface area contributed by atoms with Crippen LogP contribution in [0.4, 0.5) is 4.39 Å². The molecule has 0 atom stereocenters. The van der Waals surface area contributed by atoms with Gasteiger partial charge in [0.15, 0.2) is 5.58 Å². The van der Waals surface area contributed by atoms with Crippen molar-refractivity contribution in [3.05, 3.63) is 40.3 Å². The highest BCUT2D eigenvalue weighted by atomic mass is 32.1. The van der Waals surface area contributed by atoms with E-state index in [0.29, 0.717) is 29.5 Å². The Morgan fingerprint density at radius 2 is 1.92 bits per heavy atom. The van der Waals surface area contributed by atoms with E-state index in [1.165, 1.54) is 23.7 Å². The predicted molar refractivity (Wildman–Crippen MR) is 93.7 cm³/mol. The lowest BCUT2D eigenvalue weighted by Crippen LogP contribution is -2.38. The van der Waals surface area contributed by atoms with Crippen molar-refractivity contribution in [2.24, 2.45) is 0 Å². The van der Waals surface area contributed by atoms with E-state index in [1.54, 1.807) is 6.07 Å². The average molecular weight is 372 g/mol. The Labute approximate surface area is 153 Å². The molecule has 2 aliphatic rings. The normalized spacial score (nSPS) is 18.6. The summed E-state index contributed by atoms with van der Waals surface area (Å²) < 4.78 is 22.6. The molecule has 0 radical (unpaired) electrons. The van der Waals surface area contributed by atoms with Crippen molar-refractivity contribution in [1.82, 2.24) is 19.6 Å². The lowest BCUT2D eigenvalue weighted by Gasteiger charge is -2.31. The first-order valence-corrected chi connectivity index (χ1v) is 9.64. The highest BCUT2D eigenvalue weighted by molar-refractivity contribution is 7.08. The van der Waals surface area contributed by atoms with Crippen LogP contribution in [-0.4, -0.2) is 38.6 Å². The zero-order valence-electron chi connectivity index (χ0n) is 14.0. The van der Waals surface area contributed by atoms with Gasteiger partial charge < -0.3 is 9.42 Å². The molecule has 0 unspecified atom stereocenters. The summed E-state index contributed by atoms with van der Waals surface area (Å²) in [5.74, 6) is 0.359. The Bertz CT molecular complexity index is 973. The van der Waals surface area contributed by atoms with Crippen LogP contribution in [0.15, 0.2) is 22.7 Å². The molecule has 1 saturated carbocycles. The van der Waals surface area contributed by atoms with Crippen LogP contribution in [0.2, 0.25) is 0 Å². The molecule has 3 heterocycles. The lowest BCUT2D eigenvalue weighted by atomic mass is 9.91. The van der Waals surface area contributed by atoms with Gasteiger partial charge in [0.25, 0.3) is 5.91 Å². The van der Waals surface area contributed by atoms with Gasteiger partial charge in [0.05, 0.1) is 11.4 Å². The van der Waals surface area contributed by atoms with Crippen LogP contribution in [-0.2, 0) is 0 Å². The maximum absolute atomic E-state index is 13.3. The minimum atomic E-state index is -0.328. The van der Waals surface area contributed by atoms with Crippen LogP contribution in [0.1, 0.15) is 58.6 Å². The largest absolute Gasteiger partial charge is 0.356 e. The third-order valence-electron chi connectivity index (χ3n) is 5.30. The number of amides is 1. The number of rotatable bonds is 3. The molecule has 1 aromatic carbocycles. The molecule has 0 bridgehead atoms. The molecule has 0 N–H and O–H groups in total. The molecule has 2 fully saturated rings. The van der Waals surface area contributed by atoms with Crippen LogP contribution in [0.25, 0.3) is 11.0 Å². The van der Waals surface area contributed by atoms with Crippen LogP contribution >= 0.6 is 11.5 Å². The van der Waals surface area contributed by atoms with Gasteiger partial charge in [0.1, 0.15) is 10.7 Å². The predicted octanol–water partition coefficient (Wildman–Crippen LogP) is 3.72. The van der Waals surface area contributed by atoms with Gasteiger partial charge in [-0.2, -0.15) is 0 Å². The molecular weight excluding hydrogens is 355 g/mol. The minimum Gasteiger partial charge on any atom is -0.356 e. The zero-order valence-corrected chi connectivity index (χ0v) is 14.8. The zero-order chi connectivity index (χ0) is 17.7. The maximum atomic E-state index is 13.3. The highest BCUT2D eigenvalue weighted by Crippen LogP contribution is 2.42. The summed E-state index contributed by atoms with van der Waals surface area (Å²) in [5, 5.41) is 9.18. The molecule has 3 aromatic rings. The molecular formula is C18H17FN4O2S. The fourth-order valence-corrected chi connectivity index (χ4v) is 4.41. The average Bonchev–Trinajstić information content (AvgIpc) is 3.24. The van der Waals surface area contributed by atoms with Crippen LogP contribution in [0.5, 0.6) is 0 Å². The molecule has 5 rings (SSSR count). The molecule has 8 heteroatoms. The summed E-state index contributed by atoms with van der Waals surface area (Å²) in [6.45, 7) is 1.34. The standard InChI is InChI=1S/C18H17FN4O2S/c19-12-3-4-13-14(9-12)25-21-15(13)11-5-7-23(8-6-11)18(24)17-16(10-1-2-10)20-22-26-17/h3-4,9-11H,1-2,5-8H2. The number of carbonyl (C=O) groups is 1. The summed E-state index contributed by atoms with van der Waals surface area (Å²) in [5.41, 5.74) is 2.22. The number of carbonyl (C=O) groups excluding carboxylic acids is 1. The van der Waals surface area contributed by atoms with Crippen molar-refractivity contribution in [2.75, 3.05) is 13.1 Å². The number of piperidine rings is 1. The third-order valence-corrected chi connectivity index (χ3v) is 6.03. The van der Waals surface area contributed by atoms with Crippen LogP contribution in [0, 0.1) is 5.82 Å². The summed E-state index contributed by atoms with van der Waals surface area (Å²) in [4.78, 5) is 15.4. The molecule has 0 spiro atoms. The summed E-state index contributed by atoms with van der Waals surface area (Å²) in [6.07, 6.45) is 3.84. The molecule has 1 saturated heterocycles. The Balaban J connectivity index is 1.31. The number of nitrogens with zero attached hydrogens (tertiary/aromatic N) is 4. The van der Waals surface area contributed by atoms with Crippen LogP contribution in [0.3, 0.4) is 0 Å². The Hall–Kier alpha value is -2.35. The Morgan fingerprint density at radius 3 is 2.69 bits per heavy atom.